The smallest absolute Gasteiger partial charge is 0.225 e. The van der Waals surface area contributed by atoms with E-state index < -0.39 is 9.84 Å². The number of carbonyl (C=O) groups excluding carboxylic acids is 1. The number of piperidine rings is 1. The molecule has 9 heteroatoms. The molecule has 0 aliphatic carbocycles. The fourth-order valence-corrected chi connectivity index (χ4v) is 4.41. The monoisotopic (exact) mass is 558 g/mol. The largest absolute Gasteiger partial charge is 0.357 e. The Kier molecular flexibility index (Phi) is 13.5. The molecule has 0 bridgehead atoms. The summed E-state index contributed by atoms with van der Waals surface area (Å²) < 4.78 is 22.9. The number of amides is 1. The Morgan fingerprint density at radius 2 is 1.73 bits per heavy atom. The van der Waals surface area contributed by atoms with Crippen LogP contribution in [-0.4, -0.2) is 69.4 Å². The van der Waals surface area contributed by atoms with Crippen LogP contribution in [0.15, 0.2) is 4.99 Å². The van der Waals surface area contributed by atoms with Crippen LogP contribution < -0.4 is 10.6 Å². The number of likely N-dealkylation sites (tertiary alicyclic amines) is 1. The summed E-state index contributed by atoms with van der Waals surface area (Å²) >= 11 is 0. The minimum Gasteiger partial charge on any atom is -0.357 e. The Hall–Kier alpha value is -0.580. The first kappa shape index (κ1) is 29.4. The van der Waals surface area contributed by atoms with Crippen LogP contribution in [0.25, 0.3) is 0 Å². The summed E-state index contributed by atoms with van der Waals surface area (Å²) in [6, 6.07) is 0.290. The van der Waals surface area contributed by atoms with Crippen LogP contribution in [0.4, 0.5) is 0 Å². The predicted molar refractivity (Wildman–Crippen MR) is 136 cm³/mol. The maximum Gasteiger partial charge on any atom is 0.225 e. The van der Waals surface area contributed by atoms with E-state index in [1.807, 2.05) is 25.7 Å². The molecule has 0 radical (unpaired) electrons. The van der Waals surface area contributed by atoms with Crippen LogP contribution in [0.2, 0.25) is 0 Å². The van der Waals surface area contributed by atoms with Crippen LogP contribution in [0.1, 0.15) is 66.7 Å². The summed E-state index contributed by atoms with van der Waals surface area (Å²) in [5.41, 5.74) is -0.184. The molecule has 0 aromatic carbocycles. The fraction of sp³-hybridized carbons (Fsp3) is 0.905. The molecule has 1 heterocycles. The quantitative estimate of drug-likeness (QED) is 0.245. The number of nitrogens with zero attached hydrogens (tertiary/aromatic N) is 2. The van der Waals surface area contributed by atoms with Crippen LogP contribution >= 0.6 is 24.0 Å². The van der Waals surface area contributed by atoms with E-state index in [0.717, 1.165) is 51.3 Å². The highest BCUT2D eigenvalue weighted by Gasteiger charge is 2.27. The third-order valence-electron chi connectivity index (χ3n) is 5.64. The molecule has 0 spiro atoms. The first-order chi connectivity index (χ1) is 13.5. The molecule has 0 saturated carbocycles. The second kappa shape index (κ2) is 13.8. The van der Waals surface area contributed by atoms with Gasteiger partial charge in [0.2, 0.25) is 5.91 Å². The molecule has 0 aromatic rings. The van der Waals surface area contributed by atoms with Crippen molar-refractivity contribution in [1.29, 1.82) is 0 Å². The minimum absolute atomic E-state index is 0. The summed E-state index contributed by atoms with van der Waals surface area (Å²) in [4.78, 5) is 19.3. The standard InChI is InChI=1S/C21H42N4O3S.HI/c1-7-17(8-2)19(26)25-13-10-18(11-14-25)24-20(22-9-3)23-16-21(4,5)12-15-29(6,27)28;/h17-18H,7-16H2,1-6H3,(H2,22,23,24);1H. The number of hydrogen-bond donors (Lipinski definition) is 2. The Bertz CT molecular complexity index is 641. The third-order valence-corrected chi connectivity index (χ3v) is 6.59. The molecule has 1 saturated heterocycles. The summed E-state index contributed by atoms with van der Waals surface area (Å²) in [6.07, 6.45) is 5.49. The molecule has 0 aromatic heterocycles. The lowest BCUT2D eigenvalue weighted by Gasteiger charge is -2.35. The van der Waals surface area contributed by atoms with Gasteiger partial charge in [-0.15, -0.1) is 24.0 Å². The van der Waals surface area contributed by atoms with E-state index in [4.69, 9.17) is 4.99 Å². The lowest BCUT2D eigenvalue weighted by Crippen LogP contribution is -2.50. The van der Waals surface area contributed by atoms with E-state index >= 15 is 0 Å². The lowest BCUT2D eigenvalue weighted by atomic mass is 9.90. The van der Waals surface area contributed by atoms with Gasteiger partial charge in [-0.05, 0) is 44.4 Å². The molecule has 0 atom stereocenters. The Labute approximate surface area is 201 Å². The van der Waals surface area contributed by atoms with Crippen molar-refractivity contribution in [3.8, 4) is 0 Å². The fourth-order valence-electron chi connectivity index (χ4n) is 3.49. The molecule has 1 rings (SSSR count). The van der Waals surface area contributed by atoms with Gasteiger partial charge in [-0.25, -0.2) is 8.42 Å². The molecule has 1 amide bonds. The van der Waals surface area contributed by atoms with Gasteiger partial charge in [-0.1, -0.05) is 27.7 Å². The van der Waals surface area contributed by atoms with Gasteiger partial charge in [-0.2, -0.15) is 0 Å². The molecule has 1 fully saturated rings. The molecule has 7 nitrogen and oxygen atoms in total. The van der Waals surface area contributed by atoms with Crippen molar-refractivity contribution in [2.24, 2.45) is 16.3 Å². The number of hydrogen-bond acceptors (Lipinski definition) is 4. The zero-order chi connectivity index (χ0) is 22.1. The van der Waals surface area contributed by atoms with Gasteiger partial charge in [0, 0.05) is 44.4 Å². The zero-order valence-corrected chi connectivity index (χ0v) is 22.8. The van der Waals surface area contributed by atoms with Crippen molar-refractivity contribution in [3.05, 3.63) is 0 Å². The van der Waals surface area contributed by atoms with Crippen LogP contribution in [0, 0.1) is 11.3 Å². The van der Waals surface area contributed by atoms with Crippen molar-refractivity contribution < 1.29 is 13.2 Å². The normalized spacial score (nSPS) is 16.4. The molecule has 30 heavy (non-hydrogen) atoms. The number of carbonyl (C=O) groups is 1. The van der Waals surface area contributed by atoms with E-state index in [2.05, 4.69) is 24.5 Å². The van der Waals surface area contributed by atoms with Gasteiger partial charge in [0.15, 0.2) is 5.96 Å². The number of nitrogens with one attached hydrogen (secondary N) is 2. The van der Waals surface area contributed by atoms with Crippen LogP contribution in [0.3, 0.4) is 0 Å². The first-order valence-electron chi connectivity index (χ1n) is 11.0. The van der Waals surface area contributed by atoms with E-state index in [-0.39, 0.29) is 47.1 Å². The molecule has 178 valence electrons. The van der Waals surface area contributed by atoms with Crippen molar-refractivity contribution in [3.63, 3.8) is 0 Å². The highest BCUT2D eigenvalue weighted by molar-refractivity contribution is 14.0. The summed E-state index contributed by atoms with van der Waals surface area (Å²) in [5, 5.41) is 6.79. The summed E-state index contributed by atoms with van der Waals surface area (Å²) in [5.74, 6) is 1.39. The van der Waals surface area contributed by atoms with E-state index in [1.165, 1.54) is 6.26 Å². The molecule has 1 aliphatic heterocycles. The molecule has 1 aliphatic rings. The highest BCUT2D eigenvalue weighted by atomic mass is 127. The van der Waals surface area contributed by atoms with Crippen molar-refractivity contribution in [2.45, 2.75) is 72.8 Å². The summed E-state index contributed by atoms with van der Waals surface area (Å²) in [7, 11) is -2.96. The molecule has 2 N–H and O–H groups in total. The number of rotatable bonds is 10. The Morgan fingerprint density at radius 3 is 2.20 bits per heavy atom. The van der Waals surface area contributed by atoms with Crippen LogP contribution in [-0.2, 0) is 14.6 Å². The van der Waals surface area contributed by atoms with Gasteiger partial charge in [0.05, 0.1) is 5.75 Å². The Morgan fingerprint density at radius 1 is 1.17 bits per heavy atom. The zero-order valence-electron chi connectivity index (χ0n) is 19.7. The maximum atomic E-state index is 12.6. The topological polar surface area (TPSA) is 90.9 Å². The highest BCUT2D eigenvalue weighted by Crippen LogP contribution is 2.22. The molecule has 0 unspecified atom stereocenters. The van der Waals surface area contributed by atoms with Crippen molar-refractivity contribution >= 4 is 45.7 Å². The number of sulfone groups is 1. The number of aliphatic imine (C=N–C) groups is 1. The van der Waals surface area contributed by atoms with Gasteiger partial charge >= 0.3 is 0 Å². The predicted octanol–water partition coefficient (Wildman–Crippen LogP) is 3.05. The molecular formula is C21H43IN4O3S. The van der Waals surface area contributed by atoms with Crippen LogP contribution in [0.5, 0.6) is 0 Å². The second-order valence-electron chi connectivity index (χ2n) is 9.00. The Balaban J connectivity index is 0.00000841. The van der Waals surface area contributed by atoms with Crippen molar-refractivity contribution in [1.82, 2.24) is 15.5 Å². The second-order valence-corrected chi connectivity index (χ2v) is 11.3. The van der Waals surface area contributed by atoms with Gasteiger partial charge in [-0.3, -0.25) is 9.79 Å². The van der Waals surface area contributed by atoms with Crippen molar-refractivity contribution in [2.75, 3.05) is 38.2 Å². The first-order valence-corrected chi connectivity index (χ1v) is 13.1. The average Bonchev–Trinajstić information content (AvgIpc) is 2.66. The van der Waals surface area contributed by atoms with E-state index in [9.17, 15) is 13.2 Å². The number of halogens is 1. The van der Waals surface area contributed by atoms with Gasteiger partial charge in [0.25, 0.3) is 0 Å². The summed E-state index contributed by atoms with van der Waals surface area (Å²) in [6.45, 7) is 13.2. The maximum absolute atomic E-state index is 12.6. The van der Waals surface area contributed by atoms with Gasteiger partial charge < -0.3 is 15.5 Å². The SMILES string of the molecule is CCNC(=NCC(C)(C)CCS(C)(=O)=O)NC1CCN(C(=O)C(CC)CC)CC1.I. The lowest BCUT2D eigenvalue weighted by molar-refractivity contribution is -0.136. The number of guanidine groups is 1. The average molecular weight is 559 g/mol. The minimum atomic E-state index is -2.96. The van der Waals surface area contributed by atoms with E-state index in [0.29, 0.717) is 18.9 Å². The van der Waals surface area contributed by atoms with E-state index in [1.54, 1.807) is 0 Å². The third kappa shape index (κ3) is 11.2. The van der Waals surface area contributed by atoms with Gasteiger partial charge in [0.1, 0.15) is 9.84 Å². The molecular weight excluding hydrogens is 515 g/mol.